The van der Waals surface area contributed by atoms with Gasteiger partial charge in [-0.1, -0.05) is 45.0 Å². The summed E-state index contributed by atoms with van der Waals surface area (Å²) in [6.45, 7) is 10.6. The van der Waals surface area contributed by atoms with E-state index in [4.69, 9.17) is 0 Å². The van der Waals surface area contributed by atoms with Crippen molar-refractivity contribution < 1.29 is 4.79 Å². The summed E-state index contributed by atoms with van der Waals surface area (Å²) >= 11 is 0. The van der Waals surface area contributed by atoms with Crippen molar-refractivity contribution in [1.29, 1.82) is 0 Å². The van der Waals surface area contributed by atoms with Crippen LogP contribution in [-0.2, 0) is 17.9 Å². The first-order chi connectivity index (χ1) is 10.1. The van der Waals surface area contributed by atoms with Crippen molar-refractivity contribution in [1.82, 2.24) is 15.5 Å². The van der Waals surface area contributed by atoms with Gasteiger partial charge in [0.15, 0.2) is 0 Å². The molecule has 1 rings (SSSR count). The number of amides is 1. The molecule has 1 amide bonds. The van der Waals surface area contributed by atoms with Crippen LogP contribution in [-0.4, -0.2) is 37.5 Å². The summed E-state index contributed by atoms with van der Waals surface area (Å²) in [6.07, 6.45) is 0. The van der Waals surface area contributed by atoms with Crippen LogP contribution in [0.25, 0.3) is 0 Å². The van der Waals surface area contributed by atoms with E-state index >= 15 is 0 Å². The Balaban J connectivity index is 2.64. The van der Waals surface area contributed by atoms with Crippen LogP contribution < -0.4 is 10.6 Å². The Bertz CT molecular complexity index is 430. The Hall–Kier alpha value is -1.39. The van der Waals surface area contributed by atoms with Gasteiger partial charge in [0.2, 0.25) is 5.91 Å². The van der Waals surface area contributed by atoms with Crippen molar-refractivity contribution >= 4 is 5.91 Å². The molecule has 0 heterocycles. The van der Waals surface area contributed by atoms with E-state index in [1.165, 1.54) is 11.1 Å². The van der Waals surface area contributed by atoms with Crippen molar-refractivity contribution in [3.05, 3.63) is 35.4 Å². The Kier molecular flexibility index (Phi) is 8.01. The highest BCUT2D eigenvalue weighted by Gasteiger charge is 2.12. The molecule has 1 aromatic rings. The molecule has 2 N–H and O–H groups in total. The van der Waals surface area contributed by atoms with E-state index in [0.29, 0.717) is 13.1 Å². The highest BCUT2D eigenvalue weighted by Crippen LogP contribution is 2.12. The van der Waals surface area contributed by atoms with Crippen molar-refractivity contribution in [3.63, 3.8) is 0 Å². The fourth-order valence-corrected chi connectivity index (χ4v) is 2.33. The number of carbonyl (C=O) groups excluding carboxylic acids is 1. The quantitative estimate of drug-likeness (QED) is 0.731. The molecule has 0 aliphatic heterocycles. The summed E-state index contributed by atoms with van der Waals surface area (Å²) in [6, 6.07) is 8.34. The second-order valence-electron chi connectivity index (χ2n) is 5.41. The van der Waals surface area contributed by atoms with E-state index in [2.05, 4.69) is 47.6 Å². The van der Waals surface area contributed by atoms with Gasteiger partial charge < -0.3 is 10.6 Å². The highest BCUT2D eigenvalue weighted by molar-refractivity contribution is 5.78. The number of hydrogen-bond acceptors (Lipinski definition) is 3. The van der Waals surface area contributed by atoms with Crippen molar-refractivity contribution in [3.8, 4) is 0 Å². The molecule has 0 saturated heterocycles. The number of rotatable bonds is 9. The molecule has 1 aromatic carbocycles. The molecule has 21 heavy (non-hydrogen) atoms. The van der Waals surface area contributed by atoms with Crippen LogP contribution in [0.4, 0.5) is 0 Å². The molecule has 0 aliphatic carbocycles. The minimum atomic E-state index is -0.00931. The van der Waals surface area contributed by atoms with E-state index in [-0.39, 0.29) is 11.8 Å². The normalized spacial score (nSPS) is 12.4. The van der Waals surface area contributed by atoms with E-state index in [1.54, 1.807) is 0 Å². The average Bonchev–Trinajstić information content (AvgIpc) is 2.51. The lowest BCUT2D eigenvalue weighted by molar-refractivity contribution is -0.124. The molecule has 0 saturated carbocycles. The fourth-order valence-electron chi connectivity index (χ4n) is 2.33. The summed E-state index contributed by atoms with van der Waals surface area (Å²) in [5.74, 6) is 0.0898. The third kappa shape index (κ3) is 5.86. The molecular formula is C17H29N3O. The third-order valence-corrected chi connectivity index (χ3v) is 3.82. The van der Waals surface area contributed by atoms with Gasteiger partial charge >= 0.3 is 0 Å². The molecule has 0 bridgehead atoms. The molecule has 0 aromatic heterocycles. The molecule has 118 valence electrons. The van der Waals surface area contributed by atoms with E-state index in [0.717, 1.165) is 19.6 Å². The van der Waals surface area contributed by atoms with Gasteiger partial charge in [0.05, 0.1) is 0 Å². The fraction of sp³-hybridized carbons (Fsp3) is 0.588. The first kappa shape index (κ1) is 17.7. The van der Waals surface area contributed by atoms with Crippen LogP contribution >= 0.6 is 0 Å². The predicted octanol–water partition coefficient (Wildman–Crippen LogP) is 2.00. The molecule has 0 radical (unpaired) electrons. The Morgan fingerprint density at radius 2 is 1.81 bits per heavy atom. The van der Waals surface area contributed by atoms with Gasteiger partial charge in [-0.2, -0.15) is 0 Å². The lowest BCUT2D eigenvalue weighted by Crippen LogP contribution is -2.34. The second-order valence-corrected chi connectivity index (χ2v) is 5.41. The van der Waals surface area contributed by atoms with Gasteiger partial charge in [-0.05, 0) is 31.3 Å². The van der Waals surface area contributed by atoms with E-state index in [1.807, 2.05) is 20.0 Å². The smallest absolute Gasteiger partial charge is 0.224 e. The molecule has 1 atom stereocenters. The lowest BCUT2D eigenvalue weighted by atomic mass is 10.1. The summed E-state index contributed by atoms with van der Waals surface area (Å²) in [4.78, 5) is 14.4. The zero-order valence-corrected chi connectivity index (χ0v) is 13.8. The van der Waals surface area contributed by atoms with Gasteiger partial charge in [0.1, 0.15) is 0 Å². The maximum absolute atomic E-state index is 12.0. The zero-order chi connectivity index (χ0) is 15.7. The van der Waals surface area contributed by atoms with Crippen molar-refractivity contribution in [2.75, 3.05) is 26.7 Å². The number of benzene rings is 1. The maximum Gasteiger partial charge on any atom is 0.224 e. The van der Waals surface area contributed by atoms with Gasteiger partial charge in [0, 0.05) is 25.6 Å². The van der Waals surface area contributed by atoms with Gasteiger partial charge in [-0.25, -0.2) is 0 Å². The van der Waals surface area contributed by atoms with E-state index in [9.17, 15) is 4.79 Å². The minimum Gasteiger partial charge on any atom is -0.352 e. The van der Waals surface area contributed by atoms with Crippen LogP contribution in [0.3, 0.4) is 0 Å². The monoisotopic (exact) mass is 291 g/mol. The number of nitrogens with one attached hydrogen (secondary N) is 2. The summed E-state index contributed by atoms with van der Waals surface area (Å²) in [7, 11) is 1.86. The van der Waals surface area contributed by atoms with Gasteiger partial charge in [-0.15, -0.1) is 0 Å². The molecule has 4 nitrogen and oxygen atoms in total. The van der Waals surface area contributed by atoms with Crippen molar-refractivity contribution in [2.24, 2.45) is 5.92 Å². The summed E-state index contributed by atoms with van der Waals surface area (Å²) < 4.78 is 0. The molecular weight excluding hydrogens is 262 g/mol. The van der Waals surface area contributed by atoms with Crippen molar-refractivity contribution in [2.45, 2.75) is 33.9 Å². The number of carbonyl (C=O) groups is 1. The molecule has 0 spiro atoms. The van der Waals surface area contributed by atoms with Crippen LogP contribution in [0.1, 0.15) is 31.9 Å². The predicted molar refractivity (Wildman–Crippen MR) is 88.0 cm³/mol. The van der Waals surface area contributed by atoms with Crippen LogP contribution in [0.5, 0.6) is 0 Å². The van der Waals surface area contributed by atoms with E-state index < -0.39 is 0 Å². The molecule has 1 unspecified atom stereocenters. The largest absolute Gasteiger partial charge is 0.352 e. The Morgan fingerprint density at radius 1 is 1.19 bits per heavy atom. The summed E-state index contributed by atoms with van der Waals surface area (Å²) in [5, 5.41) is 6.07. The average molecular weight is 291 g/mol. The molecule has 0 aliphatic rings. The SMILES string of the molecule is CCN(CC)Cc1ccccc1CNC(=O)C(C)CNC. The maximum atomic E-state index is 12.0. The Morgan fingerprint density at radius 3 is 2.38 bits per heavy atom. The minimum absolute atomic E-state index is 0.00931. The van der Waals surface area contributed by atoms with Crippen LogP contribution in [0.2, 0.25) is 0 Å². The van der Waals surface area contributed by atoms with Crippen LogP contribution in [0.15, 0.2) is 24.3 Å². The summed E-state index contributed by atoms with van der Waals surface area (Å²) in [5.41, 5.74) is 2.50. The number of nitrogens with zero attached hydrogens (tertiary/aromatic N) is 1. The third-order valence-electron chi connectivity index (χ3n) is 3.82. The highest BCUT2D eigenvalue weighted by atomic mass is 16.1. The van der Waals surface area contributed by atoms with Gasteiger partial charge in [0.25, 0.3) is 0 Å². The second kappa shape index (κ2) is 9.53. The number of hydrogen-bond donors (Lipinski definition) is 2. The first-order valence-electron chi connectivity index (χ1n) is 7.83. The lowest BCUT2D eigenvalue weighted by Gasteiger charge is -2.20. The zero-order valence-electron chi connectivity index (χ0n) is 13.8. The standard InChI is InChI=1S/C17H29N3O/c1-5-20(6-2)13-16-10-8-7-9-15(16)12-19-17(21)14(3)11-18-4/h7-10,14,18H,5-6,11-13H2,1-4H3,(H,19,21). The van der Waals surface area contributed by atoms with Crippen LogP contribution in [0, 0.1) is 5.92 Å². The molecule has 0 fully saturated rings. The molecule has 4 heteroatoms. The Labute approximate surface area is 128 Å². The van der Waals surface area contributed by atoms with Gasteiger partial charge in [-0.3, -0.25) is 9.69 Å². The topological polar surface area (TPSA) is 44.4 Å². The first-order valence-corrected chi connectivity index (χ1v) is 7.83.